The van der Waals surface area contributed by atoms with Gasteiger partial charge in [-0.3, -0.25) is 24.4 Å². The van der Waals surface area contributed by atoms with Crippen LogP contribution in [-0.4, -0.2) is 62.1 Å². The summed E-state index contributed by atoms with van der Waals surface area (Å²) >= 11 is 0. The van der Waals surface area contributed by atoms with Gasteiger partial charge in [-0.2, -0.15) is 5.10 Å². The molecule has 2 atom stereocenters. The molecule has 2 rings (SSSR count). The molecule has 0 aromatic carbocycles. The summed E-state index contributed by atoms with van der Waals surface area (Å²) in [5.74, 6) is -0.00744. The molecule has 9 nitrogen and oxygen atoms in total. The molecule has 1 aliphatic heterocycles. The zero-order valence-electron chi connectivity index (χ0n) is 12.9. The van der Waals surface area contributed by atoms with E-state index < -0.39 is 0 Å². The summed E-state index contributed by atoms with van der Waals surface area (Å²) in [6.07, 6.45) is 3.06. The topological polar surface area (TPSA) is 117 Å². The van der Waals surface area contributed by atoms with Gasteiger partial charge in [0, 0.05) is 19.5 Å². The number of hydroxylamine groups is 2. The molecule has 1 aliphatic rings. The number of hydrogen-bond donors (Lipinski definition) is 2. The van der Waals surface area contributed by atoms with Crippen molar-refractivity contribution in [3.63, 3.8) is 0 Å². The van der Waals surface area contributed by atoms with E-state index in [-0.39, 0.29) is 37.0 Å². The van der Waals surface area contributed by atoms with Gasteiger partial charge >= 0.3 is 0 Å². The lowest BCUT2D eigenvalue weighted by Crippen LogP contribution is -2.54. The van der Waals surface area contributed by atoms with Crippen LogP contribution in [0.5, 0.6) is 0 Å². The fraction of sp³-hybridized carbons (Fsp3) is 0.692. The number of nitrogens with two attached hydrogens (primary N) is 1. The summed E-state index contributed by atoms with van der Waals surface area (Å²) in [7, 11) is 0. The van der Waals surface area contributed by atoms with Crippen molar-refractivity contribution in [3.05, 3.63) is 12.2 Å². The minimum absolute atomic E-state index is 0.115. The molecule has 0 unspecified atom stereocenters. The molecular weight excluding hydrogens is 288 g/mol. The molecule has 1 fully saturated rings. The standard InChI is InChI=1S/C13H22N6O3/c1-9-3-4-11(5-18(9)6-12(14)21)19(10(2)20)22-7-13-15-8-16-17-13/h8-9,11H,3-7H2,1-2H3,(H2,14,21)(H,15,16,17)/t9-,11-/m1/s1. The van der Waals surface area contributed by atoms with Gasteiger partial charge in [0.25, 0.3) is 0 Å². The molecule has 2 amide bonds. The Kier molecular flexibility index (Phi) is 5.45. The van der Waals surface area contributed by atoms with Gasteiger partial charge in [-0.05, 0) is 19.8 Å². The summed E-state index contributed by atoms with van der Waals surface area (Å²) in [5.41, 5.74) is 5.28. The second kappa shape index (κ2) is 7.32. The summed E-state index contributed by atoms with van der Waals surface area (Å²) < 4.78 is 0. The number of nitrogens with one attached hydrogen (secondary N) is 1. The first kappa shape index (κ1) is 16.4. The molecule has 0 bridgehead atoms. The van der Waals surface area contributed by atoms with Crippen molar-refractivity contribution in [3.8, 4) is 0 Å². The molecule has 0 aliphatic carbocycles. The minimum atomic E-state index is -0.371. The van der Waals surface area contributed by atoms with Crippen molar-refractivity contribution in [2.45, 2.75) is 45.4 Å². The SMILES string of the molecule is CC(=O)N(OCc1ncn[nH]1)[C@@H]1CC[C@@H](C)N(CC(N)=O)C1. The lowest BCUT2D eigenvalue weighted by atomic mass is 9.99. The summed E-state index contributed by atoms with van der Waals surface area (Å²) in [6.45, 7) is 4.39. The maximum atomic E-state index is 11.9. The number of aromatic amines is 1. The first-order chi connectivity index (χ1) is 10.5. The predicted octanol–water partition coefficient (Wildman–Crippen LogP) is -0.577. The van der Waals surface area contributed by atoms with E-state index in [2.05, 4.69) is 15.2 Å². The Morgan fingerprint density at radius 2 is 2.32 bits per heavy atom. The Hall–Kier alpha value is -2.00. The lowest BCUT2D eigenvalue weighted by molar-refractivity contribution is -0.211. The molecule has 0 saturated carbocycles. The van der Waals surface area contributed by atoms with Gasteiger partial charge in [-0.1, -0.05) is 0 Å². The molecule has 22 heavy (non-hydrogen) atoms. The summed E-state index contributed by atoms with van der Waals surface area (Å²) in [5, 5.41) is 7.78. The van der Waals surface area contributed by atoms with Crippen LogP contribution in [-0.2, 0) is 21.0 Å². The van der Waals surface area contributed by atoms with Crippen molar-refractivity contribution in [1.82, 2.24) is 25.1 Å². The third-order valence-electron chi connectivity index (χ3n) is 3.79. The van der Waals surface area contributed by atoms with Crippen LogP contribution >= 0.6 is 0 Å². The van der Waals surface area contributed by atoms with Gasteiger partial charge in [-0.25, -0.2) is 10.0 Å². The van der Waals surface area contributed by atoms with Crippen LogP contribution in [0.3, 0.4) is 0 Å². The van der Waals surface area contributed by atoms with Crippen LogP contribution < -0.4 is 5.73 Å². The molecule has 3 N–H and O–H groups in total. The number of rotatable bonds is 6. The zero-order chi connectivity index (χ0) is 16.1. The van der Waals surface area contributed by atoms with Crippen LogP contribution in [0.1, 0.15) is 32.5 Å². The van der Waals surface area contributed by atoms with Gasteiger partial charge < -0.3 is 5.73 Å². The number of carbonyl (C=O) groups excluding carboxylic acids is 2. The summed E-state index contributed by atoms with van der Waals surface area (Å²) in [4.78, 5) is 34.5. The van der Waals surface area contributed by atoms with Crippen molar-refractivity contribution in [1.29, 1.82) is 0 Å². The van der Waals surface area contributed by atoms with Crippen molar-refractivity contribution >= 4 is 11.8 Å². The minimum Gasteiger partial charge on any atom is -0.369 e. The average molecular weight is 310 g/mol. The molecule has 9 heteroatoms. The van der Waals surface area contributed by atoms with E-state index in [0.717, 1.165) is 12.8 Å². The second-order valence-corrected chi connectivity index (χ2v) is 5.53. The third-order valence-corrected chi connectivity index (χ3v) is 3.79. The Morgan fingerprint density at radius 3 is 2.91 bits per heavy atom. The Balaban J connectivity index is 1.98. The number of primary amides is 1. The highest BCUT2D eigenvalue weighted by Crippen LogP contribution is 2.21. The Labute approximate surface area is 128 Å². The predicted molar refractivity (Wildman–Crippen MR) is 76.9 cm³/mol. The van der Waals surface area contributed by atoms with E-state index in [4.69, 9.17) is 10.6 Å². The fourth-order valence-electron chi connectivity index (χ4n) is 2.65. The number of nitrogens with zero attached hydrogens (tertiary/aromatic N) is 4. The van der Waals surface area contributed by atoms with Gasteiger partial charge in [0.2, 0.25) is 11.8 Å². The highest BCUT2D eigenvalue weighted by molar-refractivity contribution is 5.76. The molecular formula is C13H22N6O3. The molecule has 1 saturated heterocycles. The number of likely N-dealkylation sites (tertiary alicyclic amines) is 1. The number of piperidine rings is 1. The van der Waals surface area contributed by atoms with E-state index >= 15 is 0 Å². The fourth-order valence-corrected chi connectivity index (χ4v) is 2.65. The van der Waals surface area contributed by atoms with Gasteiger partial charge in [-0.15, -0.1) is 0 Å². The normalized spacial score (nSPS) is 22.5. The molecule has 1 aromatic heterocycles. The van der Waals surface area contributed by atoms with E-state index in [9.17, 15) is 9.59 Å². The van der Waals surface area contributed by atoms with Crippen LogP contribution in [0, 0.1) is 0 Å². The lowest BCUT2D eigenvalue weighted by Gasteiger charge is -2.40. The second-order valence-electron chi connectivity index (χ2n) is 5.53. The van der Waals surface area contributed by atoms with Gasteiger partial charge in [0.05, 0.1) is 12.6 Å². The van der Waals surface area contributed by atoms with Crippen LogP contribution in [0.15, 0.2) is 6.33 Å². The van der Waals surface area contributed by atoms with Crippen molar-refractivity contribution < 1.29 is 14.4 Å². The van der Waals surface area contributed by atoms with Crippen LogP contribution in [0.2, 0.25) is 0 Å². The smallest absolute Gasteiger partial charge is 0.243 e. The monoisotopic (exact) mass is 310 g/mol. The largest absolute Gasteiger partial charge is 0.369 e. The molecule has 2 heterocycles. The first-order valence-electron chi connectivity index (χ1n) is 7.26. The molecule has 122 valence electrons. The molecule has 0 spiro atoms. The van der Waals surface area contributed by atoms with E-state index in [1.807, 2.05) is 11.8 Å². The van der Waals surface area contributed by atoms with Crippen LogP contribution in [0.25, 0.3) is 0 Å². The van der Waals surface area contributed by atoms with Gasteiger partial charge in [0.1, 0.15) is 12.9 Å². The Bertz CT molecular complexity index is 506. The van der Waals surface area contributed by atoms with E-state index in [0.29, 0.717) is 12.4 Å². The Morgan fingerprint density at radius 1 is 1.55 bits per heavy atom. The quantitative estimate of drug-likeness (QED) is 0.679. The highest BCUT2D eigenvalue weighted by Gasteiger charge is 2.32. The maximum Gasteiger partial charge on any atom is 0.243 e. The first-order valence-corrected chi connectivity index (χ1v) is 7.26. The number of amides is 2. The van der Waals surface area contributed by atoms with Gasteiger partial charge in [0.15, 0.2) is 5.82 Å². The number of hydrogen-bond acceptors (Lipinski definition) is 6. The number of carbonyl (C=O) groups is 2. The van der Waals surface area contributed by atoms with Crippen LogP contribution in [0.4, 0.5) is 0 Å². The number of aromatic nitrogens is 3. The summed E-state index contributed by atoms with van der Waals surface area (Å²) in [6, 6.07) is 0.141. The molecule has 0 radical (unpaired) electrons. The van der Waals surface area contributed by atoms with Crippen molar-refractivity contribution in [2.24, 2.45) is 5.73 Å². The molecule has 1 aromatic rings. The van der Waals surface area contributed by atoms with E-state index in [1.54, 1.807) is 0 Å². The highest BCUT2D eigenvalue weighted by atomic mass is 16.7. The maximum absolute atomic E-state index is 11.9. The van der Waals surface area contributed by atoms with E-state index in [1.165, 1.54) is 18.3 Å². The zero-order valence-corrected chi connectivity index (χ0v) is 12.9. The third kappa shape index (κ3) is 4.25. The number of H-pyrrole nitrogens is 1. The average Bonchev–Trinajstić information content (AvgIpc) is 2.94. The van der Waals surface area contributed by atoms with Crippen molar-refractivity contribution in [2.75, 3.05) is 13.1 Å².